The number of nitrogens with one attached hydrogen (secondary N) is 1. The molecule has 0 saturated heterocycles. The number of carbonyl (C=O) groups excluding carboxylic acids is 1. The number of hydrogen-bond donors (Lipinski definition) is 1. The predicted molar refractivity (Wildman–Crippen MR) is 82.3 cm³/mol. The zero-order valence-electron chi connectivity index (χ0n) is 11.1. The Hall–Kier alpha value is -0.440. The van der Waals surface area contributed by atoms with Crippen LogP contribution in [0.5, 0.6) is 0 Å². The van der Waals surface area contributed by atoms with Crippen LogP contribution in [0.15, 0.2) is 18.2 Å². The molecule has 0 aromatic heterocycles. The van der Waals surface area contributed by atoms with E-state index in [4.69, 9.17) is 34.8 Å². The van der Waals surface area contributed by atoms with Crippen molar-refractivity contribution in [1.82, 2.24) is 5.32 Å². The average Bonchev–Trinajstić information content (AvgIpc) is 2.32. The summed E-state index contributed by atoms with van der Waals surface area (Å²) in [5.74, 6) is 0.566. The first-order valence-electron chi connectivity index (χ1n) is 6.11. The van der Waals surface area contributed by atoms with Crippen molar-refractivity contribution in [2.24, 2.45) is 5.41 Å². The molecule has 0 radical (unpaired) electrons. The highest BCUT2D eigenvalue weighted by atomic mass is 35.5. The van der Waals surface area contributed by atoms with E-state index in [2.05, 4.69) is 19.2 Å². The maximum atomic E-state index is 11.8. The van der Waals surface area contributed by atoms with Crippen molar-refractivity contribution in [2.75, 3.05) is 12.4 Å². The second-order valence-electron chi connectivity index (χ2n) is 5.31. The molecule has 0 saturated carbocycles. The number of carbonyl (C=O) groups is 1. The van der Waals surface area contributed by atoms with Crippen LogP contribution in [-0.4, -0.2) is 18.3 Å². The van der Waals surface area contributed by atoms with Crippen molar-refractivity contribution >= 4 is 40.7 Å². The SMILES string of the molecule is CC(C)(CCCl)CNC(=O)Cc1ccc(Cl)c(Cl)c1. The lowest BCUT2D eigenvalue weighted by Crippen LogP contribution is -2.35. The molecule has 0 unspecified atom stereocenters. The number of alkyl halides is 1. The van der Waals surface area contributed by atoms with Crippen LogP contribution in [0, 0.1) is 5.41 Å². The molecule has 5 heteroatoms. The third-order valence-electron chi connectivity index (χ3n) is 2.88. The maximum Gasteiger partial charge on any atom is 0.224 e. The van der Waals surface area contributed by atoms with Gasteiger partial charge in [-0.1, -0.05) is 43.1 Å². The summed E-state index contributed by atoms with van der Waals surface area (Å²) in [6.07, 6.45) is 1.16. The van der Waals surface area contributed by atoms with E-state index in [0.29, 0.717) is 28.9 Å². The van der Waals surface area contributed by atoms with Gasteiger partial charge in [0.1, 0.15) is 0 Å². The summed E-state index contributed by atoms with van der Waals surface area (Å²) < 4.78 is 0. The van der Waals surface area contributed by atoms with Crippen LogP contribution >= 0.6 is 34.8 Å². The first kappa shape index (κ1) is 16.6. The molecular formula is C14H18Cl3NO. The van der Waals surface area contributed by atoms with Gasteiger partial charge in [-0.15, -0.1) is 11.6 Å². The van der Waals surface area contributed by atoms with Gasteiger partial charge in [-0.05, 0) is 29.5 Å². The van der Waals surface area contributed by atoms with Crippen molar-refractivity contribution in [2.45, 2.75) is 26.7 Å². The monoisotopic (exact) mass is 321 g/mol. The van der Waals surface area contributed by atoms with Gasteiger partial charge in [0.05, 0.1) is 16.5 Å². The molecule has 106 valence electrons. The molecule has 1 rings (SSSR count). The Balaban J connectivity index is 2.49. The lowest BCUT2D eigenvalue weighted by Gasteiger charge is -2.23. The van der Waals surface area contributed by atoms with Crippen LogP contribution < -0.4 is 5.32 Å². The molecule has 0 atom stereocenters. The number of benzene rings is 1. The molecule has 0 aliphatic carbocycles. The Kier molecular flexibility index (Phi) is 6.45. The minimum Gasteiger partial charge on any atom is -0.355 e. The molecule has 1 amide bonds. The van der Waals surface area contributed by atoms with Gasteiger partial charge in [0.2, 0.25) is 5.91 Å². The molecule has 0 aliphatic heterocycles. The van der Waals surface area contributed by atoms with Crippen LogP contribution in [0.25, 0.3) is 0 Å². The van der Waals surface area contributed by atoms with Gasteiger partial charge >= 0.3 is 0 Å². The molecule has 1 N–H and O–H groups in total. The first-order valence-corrected chi connectivity index (χ1v) is 7.40. The summed E-state index contributed by atoms with van der Waals surface area (Å²) >= 11 is 17.5. The molecule has 0 aliphatic rings. The van der Waals surface area contributed by atoms with Gasteiger partial charge in [0.15, 0.2) is 0 Å². The van der Waals surface area contributed by atoms with Gasteiger partial charge in [-0.25, -0.2) is 0 Å². The van der Waals surface area contributed by atoms with E-state index in [-0.39, 0.29) is 11.3 Å². The number of rotatable bonds is 6. The predicted octanol–water partition coefficient (Wildman–Crippen LogP) is 4.31. The van der Waals surface area contributed by atoms with Crippen molar-refractivity contribution in [3.05, 3.63) is 33.8 Å². The third kappa shape index (κ3) is 6.03. The third-order valence-corrected chi connectivity index (χ3v) is 3.81. The largest absolute Gasteiger partial charge is 0.355 e. The van der Waals surface area contributed by atoms with E-state index < -0.39 is 0 Å². The van der Waals surface area contributed by atoms with E-state index in [1.165, 1.54) is 0 Å². The Morgan fingerprint density at radius 2 is 1.95 bits per heavy atom. The van der Waals surface area contributed by atoms with Crippen molar-refractivity contribution < 1.29 is 4.79 Å². The van der Waals surface area contributed by atoms with Crippen molar-refractivity contribution in [3.8, 4) is 0 Å². The first-order chi connectivity index (χ1) is 8.84. The van der Waals surface area contributed by atoms with Crippen molar-refractivity contribution in [1.29, 1.82) is 0 Å². The fourth-order valence-corrected chi connectivity index (χ4v) is 2.41. The molecule has 0 spiro atoms. The highest BCUT2D eigenvalue weighted by Crippen LogP contribution is 2.23. The number of amides is 1. The molecule has 0 heterocycles. The van der Waals surface area contributed by atoms with E-state index in [0.717, 1.165) is 12.0 Å². The quantitative estimate of drug-likeness (QED) is 0.777. The second kappa shape index (κ2) is 7.37. The lowest BCUT2D eigenvalue weighted by molar-refractivity contribution is -0.120. The standard InChI is InChI=1S/C14H18Cl3NO/c1-14(2,5-6-15)9-18-13(19)8-10-3-4-11(16)12(17)7-10/h3-4,7H,5-6,8-9H2,1-2H3,(H,18,19). The van der Waals surface area contributed by atoms with Gasteiger partial charge in [-0.3, -0.25) is 4.79 Å². The molecule has 2 nitrogen and oxygen atoms in total. The fourth-order valence-electron chi connectivity index (χ4n) is 1.58. The minimum absolute atomic E-state index is 0.00898. The van der Waals surface area contributed by atoms with Crippen LogP contribution in [0.1, 0.15) is 25.8 Å². The summed E-state index contributed by atoms with van der Waals surface area (Å²) in [6, 6.07) is 5.22. The summed E-state index contributed by atoms with van der Waals surface area (Å²) in [4.78, 5) is 11.8. The lowest BCUT2D eigenvalue weighted by atomic mass is 9.90. The molecule has 19 heavy (non-hydrogen) atoms. The molecule has 0 bridgehead atoms. The van der Waals surface area contributed by atoms with Gasteiger partial charge in [0.25, 0.3) is 0 Å². The normalized spacial score (nSPS) is 11.4. The highest BCUT2D eigenvalue weighted by Gasteiger charge is 2.18. The van der Waals surface area contributed by atoms with Crippen LogP contribution in [0.2, 0.25) is 10.0 Å². The summed E-state index contributed by atoms with van der Waals surface area (Å²) in [6.45, 7) is 4.77. The fraction of sp³-hybridized carbons (Fsp3) is 0.500. The van der Waals surface area contributed by atoms with E-state index >= 15 is 0 Å². The average molecular weight is 323 g/mol. The molecular weight excluding hydrogens is 305 g/mol. The number of halogens is 3. The van der Waals surface area contributed by atoms with Crippen molar-refractivity contribution in [3.63, 3.8) is 0 Å². The van der Waals surface area contributed by atoms with E-state index in [9.17, 15) is 4.79 Å². The van der Waals surface area contributed by atoms with Crippen LogP contribution in [-0.2, 0) is 11.2 Å². The minimum atomic E-state index is -0.0268. The van der Waals surface area contributed by atoms with Crippen LogP contribution in [0.4, 0.5) is 0 Å². The topological polar surface area (TPSA) is 29.1 Å². The second-order valence-corrected chi connectivity index (χ2v) is 6.50. The van der Waals surface area contributed by atoms with Gasteiger partial charge in [-0.2, -0.15) is 0 Å². The van der Waals surface area contributed by atoms with E-state index in [1.54, 1.807) is 18.2 Å². The molecule has 1 aromatic carbocycles. The zero-order chi connectivity index (χ0) is 14.5. The maximum absolute atomic E-state index is 11.8. The highest BCUT2D eigenvalue weighted by molar-refractivity contribution is 6.42. The van der Waals surface area contributed by atoms with Gasteiger partial charge < -0.3 is 5.32 Å². The molecule has 0 fully saturated rings. The summed E-state index contributed by atoms with van der Waals surface area (Å²) in [5.41, 5.74) is 0.858. The van der Waals surface area contributed by atoms with Crippen LogP contribution in [0.3, 0.4) is 0 Å². The summed E-state index contributed by atoms with van der Waals surface area (Å²) in [5, 5.41) is 3.88. The van der Waals surface area contributed by atoms with E-state index in [1.807, 2.05) is 0 Å². The molecule has 1 aromatic rings. The Morgan fingerprint density at radius 1 is 1.26 bits per heavy atom. The Bertz CT molecular complexity index is 446. The summed E-state index contributed by atoms with van der Waals surface area (Å²) in [7, 11) is 0. The Morgan fingerprint density at radius 3 is 2.53 bits per heavy atom. The number of hydrogen-bond acceptors (Lipinski definition) is 1. The smallest absolute Gasteiger partial charge is 0.224 e. The van der Waals surface area contributed by atoms with Gasteiger partial charge in [0, 0.05) is 12.4 Å². The zero-order valence-corrected chi connectivity index (χ0v) is 13.4. The Labute approximate surface area is 129 Å².